The number of nitrogens with two attached hydrogens (primary N) is 1. The third-order valence-corrected chi connectivity index (χ3v) is 5.49. The van der Waals surface area contributed by atoms with E-state index in [1.165, 1.54) is 0 Å². The van der Waals surface area contributed by atoms with E-state index in [0.717, 1.165) is 16.5 Å². The Labute approximate surface area is 208 Å². The lowest BCUT2D eigenvalue weighted by atomic mass is 10.0. The van der Waals surface area contributed by atoms with Crippen LogP contribution in [0, 0.1) is 5.92 Å². The molecule has 3 atom stereocenters. The molecule has 1 heterocycles. The number of aromatic amines is 1. The number of aromatic nitrogens is 1. The van der Waals surface area contributed by atoms with Crippen molar-refractivity contribution in [3.8, 4) is 0 Å². The van der Waals surface area contributed by atoms with Crippen molar-refractivity contribution >= 4 is 40.6 Å². The van der Waals surface area contributed by atoms with Crippen LogP contribution in [0.1, 0.15) is 38.7 Å². The molecular formula is C24H33N5O7. The monoisotopic (exact) mass is 503 g/mol. The van der Waals surface area contributed by atoms with E-state index in [2.05, 4.69) is 20.9 Å². The molecule has 1 aromatic heterocycles. The highest BCUT2D eigenvalue weighted by molar-refractivity contribution is 5.94. The number of benzene rings is 1. The second-order valence-corrected chi connectivity index (χ2v) is 8.97. The van der Waals surface area contributed by atoms with Gasteiger partial charge in [0.1, 0.15) is 18.6 Å². The number of hydrogen-bond acceptors (Lipinski definition) is 6. The lowest BCUT2D eigenvalue weighted by Gasteiger charge is -2.25. The Kier molecular flexibility index (Phi) is 10.4. The van der Waals surface area contributed by atoms with Gasteiger partial charge in [0.25, 0.3) is 0 Å². The summed E-state index contributed by atoms with van der Waals surface area (Å²) in [5, 5.41) is 26.0. The number of carbonyl (C=O) groups is 5. The molecule has 0 aliphatic heterocycles. The van der Waals surface area contributed by atoms with E-state index < -0.39 is 54.3 Å². The van der Waals surface area contributed by atoms with Gasteiger partial charge in [0.2, 0.25) is 17.7 Å². The van der Waals surface area contributed by atoms with Crippen LogP contribution >= 0.6 is 0 Å². The Bertz CT molecular complexity index is 1100. The van der Waals surface area contributed by atoms with Gasteiger partial charge in [-0.15, -0.1) is 0 Å². The quantitative estimate of drug-likeness (QED) is 0.188. The van der Waals surface area contributed by atoms with Crippen LogP contribution in [-0.4, -0.2) is 69.5 Å². The molecule has 1 aromatic carbocycles. The van der Waals surface area contributed by atoms with Crippen molar-refractivity contribution in [3.63, 3.8) is 0 Å². The summed E-state index contributed by atoms with van der Waals surface area (Å²) in [5.41, 5.74) is 7.40. The Morgan fingerprint density at radius 1 is 0.944 bits per heavy atom. The molecule has 0 fully saturated rings. The maximum atomic E-state index is 13.3. The lowest BCUT2D eigenvalue weighted by molar-refractivity contribution is -0.139. The minimum Gasteiger partial charge on any atom is -0.481 e. The van der Waals surface area contributed by atoms with Crippen molar-refractivity contribution in [2.24, 2.45) is 11.7 Å². The van der Waals surface area contributed by atoms with Crippen LogP contribution < -0.4 is 21.7 Å². The van der Waals surface area contributed by atoms with E-state index in [1.807, 2.05) is 38.1 Å². The molecule has 0 spiro atoms. The van der Waals surface area contributed by atoms with E-state index in [1.54, 1.807) is 6.20 Å². The van der Waals surface area contributed by atoms with Crippen molar-refractivity contribution in [2.45, 2.75) is 57.7 Å². The van der Waals surface area contributed by atoms with Crippen LogP contribution in [0.4, 0.5) is 0 Å². The highest BCUT2D eigenvalue weighted by Gasteiger charge is 2.29. The smallest absolute Gasteiger partial charge is 0.322 e. The maximum Gasteiger partial charge on any atom is 0.322 e. The normalized spacial score (nSPS) is 13.6. The van der Waals surface area contributed by atoms with E-state index in [9.17, 15) is 24.0 Å². The molecule has 2 rings (SSSR count). The van der Waals surface area contributed by atoms with Crippen molar-refractivity contribution in [2.75, 3.05) is 6.54 Å². The van der Waals surface area contributed by atoms with E-state index in [0.29, 0.717) is 0 Å². The average molecular weight is 504 g/mol. The Balaban J connectivity index is 2.25. The Hall–Kier alpha value is -3.93. The molecule has 0 aliphatic carbocycles. The van der Waals surface area contributed by atoms with Gasteiger partial charge in [-0.1, -0.05) is 32.0 Å². The number of nitrogens with one attached hydrogen (secondary N) is 4. The van der Waals surface area contributed by atoms with Gasteiger partial charge in [0, 0.05) is 29.9 Å². The standard InChI is InChI=1S/C24H33N5O7/c1-13(2)9-18(23(35)27-12-21(32)33)29-24(36)19(28-22(34)16(25)7-8-20(30)31)10-14-11-26-17-6-4-3-5-15(14)17/h3-6,11,13,16,18-19,26H,7-10,12,25H2,1-2H3,(H,27,35)(H,28,34)(H,29,36)(H,30,31)(H,32,33). The molecule has 196 valence electrons. The first-order valence-electron chi connectivity index (χ1n) is 11.6. The largest absolute Gasteiger partial charge is 0.481 e. The lowest BCUT2D eigenvalue weighted by Crippen LogP contribution is -2.56. The number of H-pyrrole nitrogens is 1. The number of rotatable bonds is 14. The molecule has 3 unspecified atom stereocenters. The van der Waals surface area contributed by atoms with Gasteiger partial charge in [0.15, 0.2) is 0 Å². The first-order chi connectivity index (χ1) is 17.0. The van der Waals surface area contributed by atoms with Gasteiger partial charge >= 0.3 is 11.9 Å². The fourth-order valence-electron chi connectivity index (χ4n) is 3.68. The first kappa shape index (κ1) is 28.3. The van der Waals surface area contributed by atoms with E-state index in [4.69, 9.17) is 15.9 Å². The number of carbonyl (C=O) groups excluding carboxylic acids is 3. The maximum absolute atomic E-state index is 13.3. The van der Waals surface area contributed by atoms with Crippen molar-refractivity contribution in [1.82, 2.24) is 20.9 Å². The third kappa shape index (κ3) is 8.69. The molecule has 12 nitrogen and oxygen atoms in total. The summed E-state index contributed by atoms with van der Waals surface area (Å²) in [6.45, 7) is 3.09. The minimum absolute atomic E-state index is 0.00280. The topological polar surface area (TPSA) is 204 Å². The minimum atomic E-state index is -1.22. The molecule has 12 heteroatoms. The third-order valence-electron chi connectivity index (χ3n) is 5.49. The first-order valence-corrected chi connectivity index (χ1v) is 11.6. The summed E-state index contributed by atoms with van der Waals surface area (Å²) in [4.78, 5) is 63.3. The van der Waals surface area contributed by atoms with E-state index in [-0.39, 0.29) is 31.6 Å². The predicted molar refractivity (Wildman–Crippen MR) is 131 cm³/mol. The zero-order valence-electron chi connectivity index (χ0n) is 20.2. The highest BCUT2D eigenvalue weighted by atomic mass is 16.4. The summed E-state index contributed by atoms with van der Waals surface area (Å²) >= 11 is 0. The van der Waals surface area contributed by atoms with Gasteiger partial charge in [-0.25, -0.2) is 0 Å². The van der Waals surface area contributed by atoms with Crippen molar-refractivity contribution < 1.29 is 34.2 Å². The molecule has 0 aliphatic rings. The van der Waals surface area contributed by atoms with Crippen LogP contribution in [0.25, 0.3) is 10.9 Å². The molecule has 3 amide bonds. The SMILES string of the molecule is CC(C)CC(NC(=O)C(Cc1c[nH]c2ccccc12)NC(=O)C(N)CCC(=O)O)C(=O)NCC(=O)O. The Morgan fingerprint density at radius 2 is 1.61 bits per heavy atom. The van der Waals surface area contributed by atoms with Crippen LogP contribution in [0.5, 0.6) is 0 Å². The zero-order chi connectivity index (χ0) is 26.8. The second kappa shape index (κ2) is 13.2. The van der Waals surface area contributed by atoms with E-state index >= 15 is 0 Å². The number of amides is 3. The van der Waals surface area contributed by atoms with Crippen LogP contribution in [0.2, 0.25) is 0 Å². The van der Waals surface area contributed by atoms with Gasteiger partial charge < -0.3 is 36.9 Å². The van der Waals surface area contributed by atoms with Crippen LogP contribution in [0.3, 0.4) is 0 Å². The molecule has 0 bridgehead atoms. The van der Waals surface area contributed by atoms with Crippen LogP contribution in [0.15, 0.2) is 30.5 Å². The fraction of sp³-hybridized carbons (Fsp3) is 0.458. The number of aliphatic carboxylic acids is 2. The summed E-state index contributed by atoms with van der Waals surface area (Å²) < 4.78 is 0. The Morgan fingerprint density at radius 3 is 2.25 bits per heavy atom. The molecule has 0 saturated heterocycles. The van der Waals surface area contributed by atoms with Crippen molar-refractivity contribution in [1.29, 1.82) is 0 Å². The molecule has 0 radical (unpaired) electrons. The number of fused-ring (bicyclic) bond motifs is 1. The molecule has 36 heavy (non-hydrogen) atoms. The number of para-hydroxylation sites is 1. The highest BCUT2D eigenvalue weighted by Crippen LogP contribution is 2.19. The van der Waals surface area contributed by atoms with Gasteiger partial charge in [0.05, 0.1) is 6.04 Å². The fourth-order valence-corrected chi connectivity index (χ4v) is 3.68. The molecule has 2 aromatic rings. The second-order valence-electron chi connectivity index (χ2n) is 8.97. The number of hydrogen-bond donors (Lipinski definition) is 7. The summed E-state index contributed by atoms with van der Waals surface area (Å²) in [5.74, 6) is -4.35. The molecule has 0 saturated carbocycles. The molecular weight excluding hydrogens is 470 g/mol. The number of carboxylic acids is 2. The van der Waals surface area contributed by atoms with Gasteiger partial charge in [-0.05, 0) is 30.4 Å². The summed E-state index contributed by atoms with van der Waals surface area (Å²) in [6, 6.07) is 4.10. The predicted octanol–water partition coefficient (Wildman–Crippen LogP) is 0.119. The zero-order valence-corrected chi connectivity index (χ0v) is 20.2. The molecule has 8 N–H and O–H groups in total. The van der Waals surface area contributed by atoms with Crippen molar-refractivity contribution in [3.05, 3.63) is 36.0 Å². The number of carboxylic acid groups (broad SMARTS) is 2. The van der Waals surface area contributed by atoms with Gasteiger partial charge in [-0.3, -0.25) is 24.0 Å². The average Bonchev–Trinajstić information content (AvgIpc) is 3.22. The summed E-state index contributed by atoms with van der Waals surface area (Å²) in [7, 11) is 0. The summed E-state index contributed by atoms with van der Waals surface area (Å²) in [6.07, 6.45) is 1.60. The van der Waals surface area contributed by atoms with Gasteiger partial charge in [-0.2, -0.15) is 0 Å². The van der Waals surface area contributed by atoms with Crippen LogP contribution in [-0.2, 0) is 30.4 Å².